The lowest BCUT2D eigenvalue weighted by Crippen LogP contribution is -2.20. The standard InChI is InChI=1S/C18H21NO/c1-14-16(17(20)18(2,3)4)11-13-19(14)12-10-15-8-6-5-7-9-15/h5-13H,1-4H3/b12-10+. The number of hydrogen-bond donors (Lipinski definition) is 0. The highest BCUT2D eigenvalue weighted by molar-refractivity contribution is 6.01. The molecule has 1 aromatic carbocycles. The van der Waals surface area contributed by atoms with Crippen molar-refractivity contribution in [1.29, 1.82) is 0 Å². The number of benzene rings is 1. The van der Waals surface area contributed by atoms with Gasteiger partial charge in [-0.3, -0.25) is 4.79 Å². The fraction of sp³-hybridized carbons (Fsp3) is 0.278. The van der Waals surface area contributed by atoms with Gasteiger partial charge < -0.3 is 4.57 Å². The van der Waals surface area contributed by atoms with Crippen LogP contribution in [0.5, 0.6) is 0 Å². The molecule has 0 aliphatic heterocycles. The molecule has 20 heavy (non-hydrogen) atoms. The van der Waals surface area contributed by atoms with Crippen LogP contribution in [0.15, 0.2) is 42.6 Å². The second-order valence-electron chi connectivity index (χ2n) is 6.03. The maximum Gasteiger partial charge on any atom is 0.169 e. The lowest BCUT2D eigenvalue weighted by atomic mass is 9.87. The Kier molecular flexibility index (Phi) is 3.93. The summed E-state index contributed by atoms with van der Waals surface area (Å²) in [5.74, 6) is 0.182. The highest BCUT2D eigenvalue weighted by Crippen LogP contribution is 2.23. The van der Waals surface area contributed by atoms with E-state index in [-0.39, 0.29) is 11.2 Å². The molecule has 0 radical (unpaired) electrons. The van der Waals surface area contributed by atoms with Crippen LogP contribution < -0.4 is 0 Å². The minimum absolute atomic E-state index is 0.182. The molecule has 2 aromatic rings. The summed E-state index contributed by atoms with van der Waals surface area (Å²) in [5, 5.41) is 0. The first-order valence-corrected chi connectivity index (χ1v) is 6.85. The van der Waals surface area contributed by atoms with E-state index in [1.165, 1.54) is 0 Å². The zero-order valence-corrected chi connectivity index (χ0v) is 12.6. The number of ketones is 1. The molecule has 0 amide bonds. The van der Waals surface area contributed by atoms with Crippen LogP contribution in [0.25, 0.3) is 12.3 Å². The van der Waals surface area contributed by atoms with Crippen molar-refractivity contribution in [3.05, 3.63) is 59.4 Å². The Labute approximate surface area is 120 Å². The number of carbonyl (C=O) groups is 1. The zero-order chi connectivity index (χ0) is 14.8. The van der Waals surface area contributed by atoms with Crippen molar-refractivity contribution in [3.8, 4) is 0 Å². The highest BCUT2D eigenvalue weighted by atomic mass is 16.1. The monoisotopic (exact) mass is 267 g/mol. The normalized spacial score (nSPS) is 12.0. The summed E-state index contributed by atoms with van der Waals surface area (Å²) in [5.41, 5.74) is 2.58. The molecule has 1 heterocycles. The van der Waals surface area contributed by atoms with Crippen LogP contribution in [0.2, 0.25) is 0 Å². The van der Waals surface area contributed by atoms with Gasteiger partial charge in [0, 0.05) is 29.1 Å². The topological polar surface area (TPSA) is 22.0 Å². The summed E-state index contributed by atoms with van der Waals surface area (Å²) < 4.78 is 1.99. The molecule has 2 nitrogen and oxygen atoms in total. The molecular formula is C18H21NO. The van der Waals surface area contributed by atoms with Crippen molar-refractivity contribution < 1.29 is 4.79 Å². The molecule has 0 unspecified atom stereocenters. The molecule has 1 aromatic heterocycles. The Morgan fingerprint density at radius 2 is 1.75 bits per heavy atom. The number of aromatic nitrogens is 1. The predicted octanol–water partition coefficient (Wildman–Crippen LogP) is 4.65. The molecule has 0 spiro atoms. The van der Waals surface area contributed by atoms with Gasteiger partial charge in [0.1, 0.15) is 0 Å². The van der Waals surface area contributed by atoms with Crippen LogP contribution in [0.1, 0.15) is 42.4 Å². The first kappa shape index (κ1) is 14.3. The Morgan fingerprint density at radius 1 is 1.10 bits per heavy atom. The first-order valence-electron chi connectivity index (χ1n) is 6.85. The third-order valence-electron chi connectivity index (χ3n) is 3.33. The Balaban J connectivity index is 2.26. The lowest BCUT2D eigenvalue weighted by Gasteiger charge is -2.16. The maximum absolute atomic E-state index is 12.3. The van der Waals surface area contributed by atoms with E-state index in [1.807, 2.05) is 75.0 Å². The summed E-state index contributed by atoms with van der Waals surface area (Å²) in [7, 11) is 0. The van der Waals surface area contributed by atoms with E-state index >= 15 is 0 Å². The number of hydrogen-bond acceptors (Lipinski definition) is 1. The molecule has 0 saturated carbocycles. The van der Waals surface area contributed by atoms with E-state index in [0.717, 1.165) is 16.8 Å². The van der Waals surface area contributed by atoms with Gasteiger partial charge in [0.05, 0.1) is 0 Å². The molecule has 104 valence electrons. The first-order chi connectivity index (χ1) is 9.39. The van der Waals surface area contributed by atoms with Gasteiger partial charge in [-0.15, -0.1) is 0 Å². The van der Waals surface area contributed by atoms with Crippen molar-refractivity contribution >= 4 is 18.1 Å². The molecule has 2 rings (SSSR count). The van der Waals surface area contributed by atoms with Gasteiger partial charge in [-0.1, -0.05) is 51.1 Å². The molecular weight excluding hydrogens is 246 g/mol. The smallest absolute Gasteiger partial charge is 0.169 e. The summed E-state index contributed by atoms with van der Waals surface area (Å²) >= 11 is 0. The number of carbonyl (C=O) groups excluding carboxylic acids is 1. The molecule has 0 bridgehead atoms. The molecule has 0 fully saturated rings. The second kappa shape index (κ2) is 5.49. The average molecular weight is 267 g/mol. The van der Waals surface area contributed by atoms with Crippen molar-refractivity contribution in [2.75, 3.05) is 0 Å². The zero-order valence-electron chi connectivity index (χ0n) is 12.6. The van der Waals surface area contributed by atoms with Crippen molar-refractivity contribution in [3.63, 3.8) is 0 Å². The van der Waals surface area contributed by atoms with Gasteiger partial charge in [0.2, 0.25) is 0 Å². The van der Waals surface area contributed by atoms with Gasteiger partial charge in [0.15, 0.2) is 5.78 Å². The Hall–Kier alpha value is -2.09. The quantitative estimate of drug-likeness (QED) is 0.742. The van der Waals surface area contributed by atoms with Crippen molar-refractivity contribution in [2.24, 2.45) is 5.41 Å². The Bertz CT molecular complexity index is 627. The van der Waals surface area contributed by atoms with Gasteiger partial charge in [-0.05, 0) is 24.6 Å². The minimum atomic E-state index is -0.347. The van der Waals surface area contributed by atoms with Crippen LogP contribution in [0.3, 0.4) is 0 Å². The predicted molar refractivity (Wildman–Crippen MR) is 84.6 cm³/mol. The fourth-order valence-corrected chi connectivity index (χ4v) is 2.06. The highest BCUT2D eigenvalue weighted by Gasteiger charge is 2.25. The Morgan fingerprint density at radius 3 is 2.35 bits per heavy atom. The molecule has 0 saturated heterocycles. The van der Waals surface area contributed by atoms with Gasteiger partial charge in [-0.2, -0.15) is 0 Å². The van der Waals surface area contributed by atoms with E-state index in [4.69, 9.17) is 0 Å². The molecule has 0 aliphatic carbocycles. The SMILES string of the molecule is Cc1c(C(=O)C(C)(C)C)ccn1/C=C/c1ccccc1. The third kappa shape index (κ3) is 3.08. The van der Waals surface area contributed by atoms with Crippen molar-refractivity contribution in [1.82, 2.24) is 4.57 Å². The summed E-state index contributed by atoms with van der Waals surface area (Å²) in [6.07, 6.45) is 5.97. The second-order valence-corrected chi connectivity index (χ2v) is 6.03. The molecule has 0 N–H and O–H groups in total. The fourth-order valence-electron chi connectivity index (χ4n) is 2.06. The minimum Gasteiger partial charge on any atom is -0.327 e. The third-order valence-corrected chi connectivity index (χ3v) is 3.33. The largest absolute Gasteiger partial charge is 0.327 e. The van der Waals surface area contributed by atoms with Crippen LogP contribution in [0, 0.1) is 12.3 Å². The maximum atomic E-state index is 12.3. The van der Waals surface area contributed by atoms with Crippen LogP contribution in [-0.4, -0.2) is 10.4 Å². The lowest BCUT2D eigenvalue weighted by molar-refractivity contribution is 0.0857. The van der Waals surface area contributed by atoms with Crippen LogP contribution >= 0.6 is 0 Å². The summed E-state index contributed by atoms with van der Waals surface area (Å²) in [6.45, 7) is 7.83. The number of rotatable bonds is 3. The van der Waals surface area contributed by atoms with Crippen LogP contribution in [0.4, 0.5) is 0 Å². The summed E-state index contributed by atoms with van der Waals surface area (Å²) in [6, 6.07) is 12.0. The van der Waals surface area contributed by atoms with Gasteiger partial charge >= 0.3 is 0 Å². The van der Waals surface area contributed by atoms with Crippen LogP contribution in [-0.2, 0) is 0 Å². The molecule has 2 heteroatoms. The number of Topliss-reactive ketones (excluding diaryl/α,β-unsaturated/α-hetero) is 1. The van der Waals surface area contributed by atoms with Gasteiger partial charge in [0.25, 0.3) is 0 Å². The number of nitrogens with zero attached hydrogens (tertiary/aromatic N) is 1. The summed E-state index contributed by atoms with van der Waals surface area (Å²) in [4.78, 5) is 12.3. The van der Waals surface area contributed by atoms with Gasteiger partial charge in [-0.25, -0.2) is 0 Å². The van der Waals surface area contributed by atoms with E-state index in [9.17, 15) is 4.79 Å². The van der Waals surface area contributed by atoms with E-state index in [2.05, 4.69) is 12.1 Å². The average Bonchev–Trinajstić information content (AvgIpc) is 2.77. The van der Waals surface area contributed by atoms with E-state index in [1.54, 1.807) is 0 Å². The van der Waals surface area contributed by atoms with E-state index in [0.29, 0.717) is 0 Å². The molecule has 0 atom stereocenters. The van der Waals surface area contributed by atoms with E-state index < -0.39 is 0 Å². The van der Waals surface area contributed by atoms with Crippen molar-refractivity contribution in [2.45, 2.75) is 27.7 Å². The molecule has 0 aliphatic rings.